The summed E-state index contributed by atoms with van der Waals surface area (Å²) in [6.45, 7) is 11.1. The van der Waals surface area contributed by atoms with E-state index in [1.165, 1.54) is 0 Å². The van der Waals surface area contributed by atoms with E-state index in [1.807, 2.05) is 29.4 Å². The van der Waals surface area contributed by atoms with E-state index in [4.69, 9.17) is 30.6 Å². The SMILES string of the molecule is Cl.Cl.Cl.Cl.OCC([C@@H](O)CO)N1CCNCCN([C@H](CO)[C@H](O)CO)CCNCC1.OC[C@@H](O)[C@@H](CO)N1CCNCCN([C@H](CO)[C@H](O)CO)CCNCC1.OC[C@H](O)[C@H](CO)N1CCNCCN([C@@H](CO)[C@@H](O)CO)CCNCC1. The van der Waals surface area contributed by atoms with Crippen molar-refractivity contribution in [3.63, 3.8) is 0 Å². The van der Waals surface area contributed by atoms with E-state index in [-0.39, 0.29) is 89.3 Å². The maximum absolute atomic E-state index is 9.89. The van der Waals surface area contributed by atoms with Crippen molar-refractivity contribution in [2.45, 2.75) is 72.9 Å². The van der Waals surface area contributed by atoms with Gasteiger partial charge in [-0.05, 0) is 0 Å². The number of rotatable bonds is 24. The fourth-order valence-electron chi connectivity index (χ4n) is 9.70. The molecule has 0 aromatic rings. The molecule has 0 saturated carbocycles. The van der Waals surface area contributed by atoms with Crippen molar-refractivity contribution in [2.75, 3.05) is 236 Å². The quantitative estimate of drug-likeness (QED) is 0.0427. The summed E-state index contributed by atoms with van der Waals surface area (Å²) in [5.41, 5.74) is 0. The highest BCUT2D eigenvalue weighted by molar-refractivity contribution is 5.86. The molecule has 12 atom stereocenters. The second-order valence-electron chi connectivity index (χ2n) is 19.7. The molecule has 0 radical (unpaired) electrons. The van der Waals surface area contributed by atoms with Crippen LogP contribution >= 0.6 is 49.6 Å². The van der Waals surface area contributed by atoms with Crippen molar-refractivity contribution in [3.05, 3.63) is 0 Å². The van der Waals surface area contributed by atoms with Crippen LogP contribution in [0.25, 0.3) is 0 Å². The molecule has 3 saturated heterocycles. The lowest BCUT2D eigenvalue weighted by molar-refractivity contribution is -0.0170. The Morgan fingerprint density at radius 2 is 0.293 bits per heavy atom. The zero-order valence-corrected chi connectivity index (χ0v) is 51.0. The van der Waals surface area contributed by atoms with Gasteiger partial charge in [0.25, 0.3) is 0 Å². The first-order valence-electron chi connectivity index (χ1n) is 27.8. The topological polar surface area (TPSA) is 456 Å². The summed E-state index contributed by atoms with van der Waals surface area (Å²) >= 11 is 0. The predicted molar refractivity (Wildman–Crippen MR) is 319 cm³/mol. The molecule has 3 fully saturated rings. The van der Waals surface area contributed by atoms with E-state index >= 15 is 0 Å². The van der Waals surface area contributed by atoms with E-state index in [9.17, 15) is 61.3 Å². The molecule has 82 heavy (non-hydrogen) atoms. The van der Waals surface area contributed by atoms with Crippen molar-refractivity contribution in [2.24, 2.45) is 0 Å². The normalized spacial score (nSPS) is 23.0. The van der Waals surface area contributed by atoms with E-state index in [0.717, 1.165) is 0 Å². The molecule has 34 heteroatoms. The summed E-state index contributed by atoms with van der Waals surface area (Å²) in [6, 6.07) is -3.07. The maximum Gasteiger partial charge on any atom is 0.0947 e. The van der Waals surface area contributed by atoms with Crippen LogP contribution in [0.1, 0.15) is 0 Å². The van der Waals surface area contributed by atoms with Gasteiger partial charge in [-0.15, -0.1) is 49.6 Å². The minimum absolute atomic E-state index is 0. The first-order chi connectivity index (χ1) is 37.7. The first kappa shape index (κ1) is 88.4. The summed E-state index contributed by atoms with van der Waals surface area (Å²) in [7, 11) is 0. The van der Waals surface area contributed by atoms with Crippen LogP contribution in [0.15, 0.2) is 0 Å². The Bertz CT molecular complexity index is 1110. The molecule has 3 aliphatic rings. The lowest BCUT2D eigenvalue weighted by Gasteiger charge is -2.35. The third-order valence-corrected chi connectivity index (χ3v) is 14.6. The molecule has 0 spiro atoms. The van der Waals surface area contributed by atoms with E-state index in [1.54, 1.807) is 0 Å². The van der Waals surface area contributed by atoms with Crippen LogP contribution in [-0.4, -0.2) is 431 Å². The first-order valence-corrected chi connectivity index (χ1v) is 27.8. The Kier molecular flexibility index (Phi) is 60.6. The molecule has 30 nitrogen and oxygen atoms in total. The van der Waals surface area contributed by atoms with E-state index < -0.39 is 113 Å². The lowest BCUT2D eigenvalue weighted by atomic mass is 10.1. The molecule has 0 bridgehead atoms. The fraction of sp³-hybridized carbons (Fsp3) is 1.00. The van der Waals surface area contributed by atoms with Gasteiger partial charge in [-0.1, -0.05) is 0 Å². The van der Waals surface area contributed by atoms with Crippen molar-refractivity contribution in [1.29, 1.82) is 0 Å². The summed E-state index contributed by atoms with van der Waals surface area (Å²) in [5, 5.41) is 191. The van der Waals surface area contributed by atoms with Gasteiger partial charge < -0.3 is 124 Å². The zero-order chi connectivity index (χ0) is 58.1. The molecule has 1 unspecified atom stereocenters. The van der Waals surface area contributed by atoms with Gasteiger partial charge in [0.15, 0.2) is 0 Å². The van der Waals surface area contributed by atoms with E-state index in [0.29, 0.717) is 157 Å². The van der Waals surface area contributed by atoms with Crippen LogP contribution in [0, 0.1) is 0 Å². The monoisotopic (exact) mass is 1280 g/mol. The second-order valence-corrected chi connectivity index (χ2v) is 19.7. The Morgan fingerprint density at radius 3 is 0.366 bits per heavy atom. The molecule has 0 aromatic heterocycles. The minimum atomic E-state index is -0.992. The van der Waals surface area contributed by atoms with Gasteiger partial charge >= 0.3 is 0 Å². The molecule has 3 heterocycles. The van der Waals surface area contributed by atoms with Crippen LogP contribution in [0.5, 0.6) is 0 Å². The molecule has 24 N–H and O–H groups in total. The van der Waals surface area contributed by atoms with Gasteiger partial charge in [-0.25, -0.2) is 0 Å². The summed E-state index contributed by atoms with van der Waals surface area (Å²) in [5.74, 6) is 0. The smallest absolute Gasteiger partial charge is 0.0947 e. The largest absolute Gasteiger partial charge is 0.395 e. The van der Waals surface area contributed by atoms with Gasteiger partial charge in [0.2, 0.25) is 0 Å². The second kappa shape index (κ2) is 56.2. The fourth-order valence-corrected chi connectivity index (χ4v) is 9.70. The molecule has 0 amide bonds. The Balaban J connectivity index is -0.000000543. The van der Waals surface area contributed by atoms with Crippen LogP contribution in [0.4, 0.5) is 0 Å². The molecular weight excluding hydrogens is 1170 g/mol. The number of halogens is 4. The number of hydrogen-bond acceptors (Lipinski definition) is 30. The van der Waals surface area contributed by atoms with Crippen LogP contribution < -0.4 is 31.9 Å². The average molecular weight is 1290 g/mol. The number of nitrogens with zero attached hydrogens (tertiary/aromatic N) is 6. The highest BCUT2D eigenvalue weighted by Gasteiger charge is 2.30. The third kappa shape index (κ3) is 34.6. The molecular formula is C48H112Cl4N12O18. The highest BCUT2D eigenvalue weighted by atomic mass is 35.5. The van der Waals surface area contributed by atoms with Gasteiger partial charge in [-0.3, -0.25) is 29.4 Å². The molecule has 0 aliphatic carbocycles. The van der Waals surface area contributed by atoms with Crippen molar-refractivity contribution in [3.8, 4) is 0 Å². The van der Waals surface area contributed by atoms with Crippen molar-refractivity contribution in [1.82, 2.24) is 61.3 Å². The summed E-state index contributed by atoms with van der Waals surface area (Å²) in [6.07, 6.45) is -5.95. The number of aliphatic hydroxyl groups excluding tert-OH is 18. The van der Waals surface area contributed by atoms with Gasteiger partial charge in [-0.2, -0.15) is 0 Å². The summed E-state index contributed by atoms with van der Waals surface area (Å²) < 4.78 is 0. The van der Waals surface area contributed by atoms with Crippen molar-refractivity contribution >= 4 is 49.6 Å². The van der Waals surface area contributed by atoms with Crippen LogP contribution in [0.2, 0.25) is 0 Å². The van der Waals surface area contributed by atoms with Crippen LogP contribution in [0.3, 0.4) is 0 Å². The third-order valence-electron chi connectivity index (χ3n) is 14.6. The van der Waals surface area contributed by atoms with Crippen LogP contribution in [-0.2, 0) is 0 Å². The number of nitrogens with one attached hydrogen (secondary N) is 6. The molecule has 3 rings (SSSR count). The zero-order valence-electron chi connectivity index (χ0n) is 47.8. The Hall–Kier alpha value is -0.0400. The minimum Gasteiger partial charge on any atom is -0.395 e. The van der Waals surface area contributed by atoms with Gasteiger partial charge in [0, 0.05) is 157 Å². The Labute approximate surface area is 510 Å². The number of hydrogen-bond donors (Lipinski definition) is 24. The molecule has 0 aromatic carbocycles. The lowest BCUT2D eigenvalue weighted by Crippen LogP contribution is -2.54. The van der Waals surface area contributed by atoms with Gasteiger partial charge in [0.05, 0.1) is 152 Å². The Morgan fingerprint density at radius 1 is 0.195 bits per heavy atom. The number of aliphatic hydroxyl groups is 18. The molecule has 3 aliphatic heterocycles. The summed E-state index contributed by atoms with van der Waals surface area (Å²) in [4.78, 5) is 11.7. The molecule has 500 valence electrons. The predicted octanol–water partition coefficient (Wildman–Crippen LogP) is -12.7. The average Bonchev–Trinajstić information content (AvgIpc) is 3.44. The van der Waals surface area contributed by atoms with Crippen molar-refractivity contribution < 1.29 is 91.9 Å². The van der Waals surface area contributed by atoms with E-state index in [2.05, 4.69) is 31.9 Å². The maximum atomic E-state index is 9.89. The standard InChI is InChI=1S/3C16H36N4O6.4ClH/c3*21-9-13(15(25)11-23)19-5-1-17-2-6-20(8-4-18-3-7-19)14(10-22)16(26)12-24;;;;/h3*13-18,21-26H,1-12H2;4*1H/t13-,14?,15-,16+;2*13-,14-,15-,16-;;;;/m110..../s1. The van der Waals surface area contributed by atoms with Gasteiger partial charge in [0.1, 0.15) is 0 Å². The highest BCUT2D eigenvalue weighted by Crippen LogP contribution is 2.10.